The number of ketones is 1. The molecule has 0 saturated heterocycles. The van der Waals surface area contributed by atoms with Gasteiger partial charge in [-0.05, 0) is 24.3 Å². The average Bonchev–Trinajstić information content (AvgIpc) is 2.52. The fraction of sp³-hybridized carbons (Fsp3) is 0.133. The Balaban J connectivity index is 2.36. The van der Waals surface area contributed by atoms with Crippen molar-refractivity contribution in [3.05, 3.63) is 72.7 Å². The van der Waals surface area contributed by atoms with E-state index in [1.807, 2.05) is 6.07 Å². The number of nitro benzene ring substituents is 1. The third kappa shape index (κ3) is 4.49. The minimum atomic E-state index is -0.648. The Bertz CT molecular complexity index is 766. The van der Waals surface area contributed by atoms with Crippen molar-refractivity contribution in [3.63, 3.8) is 0 Å². The third-order valence-corrected chi connectivity index (χ3v) is 6.76. The molecule has 2 aromatic carbocycles. The van der Waals surface area contributed by atoms with Gasteiger partial charge in [0.15, 0.2) is 5.78 Å². The Morgan fingerprint density at radius 1 is 1.04 bits per heavy atom. The summed E-state index contributed by atoms with van der Waals surface area (Å²) in [5.41, 5.74) is 0.902. The molecule has 0 N–H and O–H groups in total. The van der Waals surface area contributed by atoms with Crippen LogP contribution < -0.4 is 0 Å². The van der Waals surface area contributed by atoms with Crippen LogP contribution in [0.4, 0.5) is 5.69 Å². The summed E-state index contributed by atoms with van der Waals surface area (Å²) in [6.45, 7) is 0. The van der Waals surface area contributed by atoms with E-state index in [2.05, 4.69) is 63.7 Å². The summed E-state index contributed by atoms with van der Waals surface area (Å²) in [5, 5.41) is 11.2. The molecule has 4 nitrogen and oxygen atoms in total. The van der Waals surface area contributed by atoms with Crippen LogP contribution in [-0.4, -0.2) is 15.5 Å². The number of halogens is 4. The fourth-order valence-corrected chi connectivity index (χ4v) is 3.94. The predicted octanol–water partition coefficient (Wildman–Crippen LogP) is 6.20. The number of nitrogens with zero attached hydrogens (tertiary/aromatic N) is 1. The van der Waals surface area contributed by atoms with Gasteiger partial charge in [0.25, 0.3) is 5.69 Å². The van der Waals surface area contributed by atoms with E-state index in [-0.39, 0.29) is 11.5 Å². The largest absolute Gasteiger partial charge is 0.293 e. The summed E-state index contributed by atoms with van der Waals surface area (Å²) in [6.07, 6.45) is 0. The van der Waals surface area contributed by atoms with Crippen LogP contribution in [0.5, 0.6) is 0 Å². The molecular weight excluding hydrogens is 562 g/mol. The molecule has 8 heteroatoms. The highest BCUT2D eigenvalue weighted by molar-refractivity contribution is 9.12. The number of hydrogen-bond acceptors (Lipinski definition) is 3. The van der Waals surface area contributed by atoms with Gasteiger partial charge in [0, 0.05) is 26.1 Å². The second kappa shape index (κ2) is 8.00. The molecule has 0 aliphatic heterocycles. The maximum absolute atomic E-state index is 12.6. The molecule has 0 aromatic heterocycles. The van der Waals surface area contributed by atoms with Crippen LogP contribution in [-0.2, 0) is 0 Å². The molecule has 0 fully saturated rings. The van der Waals surface area contributed by atoms with Crippen molar-refractivity contribution in [2.75, 3.05) is 0 Å². The van der Waals surface area contributed by atoms with E-state index in [9.17, 15) is 14.9 Å². The number of carbonyl (C=O) groups excluding carboxylic acids is 1. The molecule has 0 saturated carbocycles. The number of benzene rings is 2. The lowest BCUT2D eigenvalue weighted by Gasteiger charge is -2.17. The minimum absolute atomic E-state index is 0.0402. The second-order valence-corrected chi connectivity index (χ2v) is 8.44. The van der Waals surface area contributed by atoms with Gasteiger partial charge in [0.1, 0.15) is 0 Å². The highest BCUT2D eigenvalue weighted by Gasteiger charge is 2.31. The normalized spacial score (nSPS) is 13.4. The first-order valence-electron chi connectivity index (χ1n) is 6.33. The molecule has 2 aromatic rings. The molecular formula is C15H9Br4NO3. The van der Waals surface area contributed by atoms with Gasteiger partial charge in [0.05, 0.1) is 14.6 Å². The first-order valence-corrected chi connectivity index (χ1v) is 9.74. The van der Waals surface area contributed by atoms with Crippen molar-refractivity contribution >= 4 is 75.2 Å². The number of Topliss-reactive ketones (excluding diaryl/α,β-unsaturated/α-hetero) is 1. The number of alkyl halides is 2. The van der Waals surface area contributed by atoms with E-state index in [4.69, 9.17) is 0 Å². The Hall–Kier alpha value is -0.570. The zero-order valence-electron chi connectivity index (χ0n) is 11.4. The highest BCUT2D eigenvalue weighted by Crippen LogP contribution is 2.39. The van der Waals surface area contributed by atoms with E-state index < -0.39 is 14.6 Å². The van der Waals surface area contributed by atoms with Gasteiger partial charge in [-0.1, -0.05) is 75.9 Å². The molecule has 120 valence electrons. The average molecular weight is 571 g/mol. The topological polar surface area (TPSA) is 60.2 Å². The molecule has 0 spiro atoms. The van der Waals surface area contributed by atoms with E-state index in [1.54, 1.807) is 30.3 Å². The lowest BCUT2D eigenvalue weighted by molar-refractivity contribution is -0.385. The van der Waals surface area contributed by atoms with Crippen LogP contribution in [0, 0.1) is 10.1 Å². The Kier molecular flexibility index (Phi) is 6.53. The number of hydrogen-bond donors (Lipinski definition) is 0. The zero-order valence-corrected chi connectivity index (χ0v) is 17.7. The second-order valence-electron chi connectivity index (χ2n) is 4.64. The van der Waals surface area contributed by atoms with Crippen molar-refractivity contribution in [1.29, 1.82) is 0 Å². The van der Waals surface area contributed by atoms with E-state index in [1.165, 1.54) is 6.07 Å². The molecule has 0 aliphatic rings. The first-order chi connectivity index (χ1) is 10.8. The van der Waals surface area contributed by atoms with E-state index in [0.717, 1.165) is 4.47 Å². The van der Waals surface area contributed by atoms with Crippen molar-refractivity contribution in [2.45, 2.75) is 9.65 Å². The summed E-state index contributed by atoms with van der Waals surface area (Å²) in [5.74, 6) is -0.164. The molecule has 0 heterocycles. The quantitative estimate of drug-likeness (QED) is 0.186. The molecule has 2 unspecified atom stereocenters. The van der Waals surface area contributed by atoms with E-state index in [0.29, 0.717) is 15.6 Å². The minimum Gasteiger partial charge on any atom is -0.293 e. The molecule has 0 aliphatic carbocycles. The Morgan fingerprint density at radius 3 is 2.30 bits per heavy atom. The van der Waals surface area contributed by atoms with Gasteiger partial charge >= 0.3 is 0 Å². The maximum Gasteiger partial charge on any atom is 0.273 e. The van der Waals surface area contributed by atoms with Crippen molar-refractivity contribution in [3.8, 4) is 0 Å². The van der Waals surface area contributed by atoms with Crippen molar-refractivity contribution < 1.29 is 9.72 Å². The van der Waals surface area contributed by atoms with Gasteiger partial charge < -0.3 is 0 Å². The summed E-state index contributed by atoms with van der Waals surface area (Å²) >= 11 is 13.4. The Morgan fingerprint density at radius 2 is 1.70 bits per heavy atom. The van der Waals surface area contributed by atoms with E-state index >= 15 is 0 Å². The molecule has 0 bridgehead atoms. The van der Waals surface area contributed by atoms with Gasteiger partial charge in [-0.2, -0.15) is 0 Å². The van der Waals surface area contributed by atoms with Crippen molar-refractivity contribution in [2.24, 2.45) is 0 Å². The molecule has 0 amide bonds. The van der Waals surface area contributed by atoms with Crippen LogP contribution >= 0.6 is 63.7 Å². The van der Waals surface area contributed by atoms with Gasteiger partial charge in [-0.3, -0.25) is 14.9 Å². The number of rotatable bonds is 5. The van der Waals surface area contributed by atoms with Crippen LogP contribution in [0.25, 0.3) is 0 Å². The number of carbonyl (C=O) groups is 1. The standard InChI is InChI=1S/C15H9Br4NO3/c16-9-3-1-2-8(6-9)15(21)14(19)13(18)11-7-10(17)4-5-12(11)20(22)23/h1-7,13-14H. The lowest BCUT2D eigenvalue weighted by Crippen LogP contribution is -2.20. The first kappa shape index (κ1) is 18.8. The maximum atomic E-state index is 12.6. The highest BCUT2D eigenvalue weighted by atomic mass is 79.9. The summed E-state index contributed by atoms with van der Waals surface area (Å²) in [7, 11) is 0. The summed E-state index contributed by atoms with van der Waals surface area (Å²) in [6, 6.07) is 11.7. The fourth-order valence-electron chi connectivity index (χ4n) is 2.00. The smallest absolute Gasteiger partial charge is 0.273 e. The number of nitro groups is 1. The lowest BCUT2D eigenvalue weighted by atomic mass is 10.0. The summed E-state index contributed by atoms with van der Waals surface area (Å²) in [4.78, 5) is 22.1. The van der Waals surface area contributed by atoms with Crippen LogP contribution in [0.15, 0.2) is 51.4 Å². The van der Waals surface area contributed by atoms with Gasteiger partial charge in [-0.15, -0.1) is 0 Å². The molecule has 2 rings (SSSR count). The predicted molar refractivity (Wildman–Crippen MR) is 104 cm³/mol. The monoisotopic (exact) mass is 567 g/mol. The van der Waals surface area contributed by atoms with Crippen LogP contribution in [0.3, 0.4) is 0 Å². The molecule has 23 heavy (non-hydrogen) atoms. The SMILES string of the molecule is O=C(c1cccc(Br)c1)C(Br)C(Br)c1cc(Br)ccc1[N+](=O)[O-]. The van der Waals surface area contributed by atoms with Crippen LogP contribution in [0.2, 0.25) is 0 Å². The third-order valence-electron chi connectivity index (χ3n) is 3.10. The zero-order chi connectivity index (χ0) is 17.1. The Labute approximate surface area is 166 Å². The van der Waals surface area contributed by atoms with Crippen molar-refractivity contribution in [1.82, 2.24) is 0 Å². The van der Waals surface area contributed by atoms with Gasteiger partial charge in [-0.25, -0.2) is 0 Å². The molecule has 0 radical (unpaired) electrons. The molecule has 2 atom stereocenters. The van der Waals surface area contributed by atoms with Crippen LogP contribution in [0.1, 0.15) is 20.7 Å². The summed E-state index contributed by atoms with van der Waals surface area (Å²) < 4.78 is 1.50. The van der Waals surface area contributed by atoms with Gasteiger partial charge in [0.2, 0.25) is 0 Å².